The number of benzene rings is 2. The zero-order valence-electron chi connectivity index (χ0n) is 17.9. The molecule has 7 nitrogen and oxygen atoms in total. The fourth-order valence-electron chi connectivity index (χ4n) is 3.79. The zero-order valence-corrected chi connectivity index (χ0v) is 19.4. The number of hydrogen-bond donors (Lipinski definition) is 2. The highest BCUT2D eigenvalue weighted by atomic mass is 35.5. The molecule has 0 aliphatic carbocycles. The van der Waals surface area contributed by atoms with Gasteiger partial charge in [-0.25, -0.2) is 4.68 Å². The molecule has 0 saturated carbocycles. The number of methoxy groups -OCH3 is 2. The lowest BCUT2D eigenvalue weighted by Crippen LogP contribution is -2.36. The third-order valence-electron chi connectivity index (χ3n) is 5.47. The number of anilines is 2. The lowest BCUT2D eigenvalue weighted by Gasteiger charge is -2.34. The van der Waals surface area contributed by atoms with E-state index in [2.05, 4.69) is 15.7 Å². The molecular weight excluding hydrogens is 496 g/mol. The van der Waals surface area contributed by atoms with Crippen LogP contribution in [-0.4, -0.2) is 36.1 Å². The van der Waals surface area contributed by atoms with E-state index in [-0.39, 0.29) is 22.8 Å². The van der Waals surface area contributed by atoms with E-state index in [1.807, 2.05) is 0 Å². The topological polar surface area (TPSA) is 77.4 Å². The van der Waals surface area contributed by atoms with E-state index in [0.29, 0.717) is 27.8 Å². The largest absolute Gasteiger partial charge is 0.493 e. The minimum absolute atomic E-state index is 0.0501. The van der Waals surface area contributed by atoms with Gasteiger partial charge in [-0.1, -0.05) is 29.3 Å². The van der Waals surface area contributed by atoms with Crippen LogP contribution >= 0.6 is 23.2 Å². The second-order valence-electron chi connectivity index (χ2n) is 7.54. The van der Waals surface area contributed by atoms with Gasteiger partial charge in [0.05, 0.1) is 36.5 Å². The van der Waals surface area contributed by atoms with E-state index in [4.69, 9.17) is 32.7 Å². The number of alkyl halides is 3. The maximum Gasteiger partial charge on any atom is 0.410 e. The summed E-state index contributed by atoms with van der Waals surface area (Å²) in [5, 5.41) is 10.0. The van der Waals surface area contributed by atoms with E-state index in [0.717, 1.165) is 10.9 Å². The number of fused-ring (bicyclic) bond motifs is 1. The highest BCUT2D eigenvalue weighted by molar-refractivity contribution is 6.42. The van der Waals surface area contributed by atoms with Crippen molar-refractivity contribution >= 4 is 40.6 Å². The third kappa shape index (κ3) is 4.60. The minimum atomic E-state index is -4.59. The molecule has 0 spiro atoms. The molecule has 1 aliphatic heterocycles. The summed E-state index contributed by atoms with van der Waals surface area (Å²) in [4.78, 5) is 12.9. The Morgan fingerprint density at radius 3 is 2.50 bits per heavy atom. The molecule has 1 aliphatic rings. The monoisotopic (exact) mass is 514 g/mol. The predicted molar refractivity (Wildman–Crippen MR) is 122 cm³/mol. The number of carbonyl (C=O) groups excluding carboxylic acids is 1. The van der Waals surface area contributed by atoms with Crippen LogP contribution in [0, 0.1) is 0 Å². The molecule has 180 valence electrons. The molecule has 4 rings (SSSR count). The van der Waals surface area contributed by atoms with Crippen LogP contribution < -0.4 is 20.1 Å². The molecule has 2 N–H and O–H groups in total. The molecule has 2 aromatic carbocycles. The number of rotatable bonds is 5. The molecule has 0 saturated heterocycles. The molecule has 0 unspecified atom stereocenters. The van der Waals surface area contributed by atoms with Crippen molar-refractivity contribution in [2.75, 3.05) is 24.9 Å². The summed E-state index contributed by atoms with van der Waals surface area (Å²) in [5.41, 5.74) is 0.819. The minimum Gasteiger partial charge on any atom is -0.493 e. The van der Waals surface area contributed by atoms with Crippen molar-refractivity contribution in [3.8, 4) is 11.5 Å². The molecule has 34 heavy (non-hydrogen) atoms. The second-order valence-corrected chi connectivity index (χ2v) is 8.35. The van der Waals surface area contributed by atoms with Crippen LogP contribution in [0.3, 0.4) is 0 Å². The fraction of sp³-hybridized carbons (Fsp3) is 0.273. The molecule has 0 radical (unpaired) electrons. The van der Waals surface area contributed by atoms with E-state index >= 15 is 0 Å². The summed E-state index contributed by atoms with van der Waals surface area (Å²) in [6.07, 6.45) is -3.82. The number of halogens is 5. The van der Waals surface area contributed by atoms with Gasteiger partial charge in [-0.3, -0.25) is 4.79 Å². The molecule has 1 amide bonds. The first kappa shape index (κ1) is 24.0. The van der Waals surface area contributed by atoms with Crippen LogP contribution in [0.15, 0.2) is 42.6 Å². The van der Waals surface area contributed by atoms with E-state index < -0.39 is 24.2 Å². The Morgan fingerprint density at radius 2 is 1.85 bits per heavy atom. The zero-order chi connectivity index (χ0) is 24.6. The summed E-state index contributed by atoms with van der Waals surface area (Å²) in [6, 6.07) is 6.62. The number of aromatic nitrogens is 2. The summed E-state index contributed by atoms with van der Waals surface area (Å²) >= 11 is 11.9. The highest BCUT2D eigenvalue weighted by Gasteiger charge is 2.47. The van der Waals surface area contributed by atoms with Crippen molar-refractivity contribution in [1.29, 1.82) is 0 Å². The van der Waals surface area contributed by atoms with Crippen molar-refractivity contribution in [3.63, 3.8) is 0 Å². The second kappa shape index (κ2) is 9.27. The molecule has 0 fully saturated rings. The van der Waals surface area contributed by atoms with Gasteiger partial charge in [-0.05, 0) is 35.9 Å². The normalized spacial score (nSPS) is 17.5. The van der Waals surface area contributed by atoms with Gasteiger partial charge < -0.3 is 20.1 Å². The number of ether oxygens (including phenoxy) is 2. The van der Waals surface area contributed by atoms with Crippen molar-refractivity contribution in [1.82, 2.24) is 9.78 Å². The molecule has 1 aromatic heterocycles. The van der Waals surface area contributed by atoms with E-state index in [9.17, 15) is 18.0 Å². The lowest BCUT2D eigenvalue weighted by molar-refractivity contribution is -0.173. The molecular formula is C22H19Cl2F3N4O3. The summed E-state index contributed by atoms with van der Waals surface area (Å²) in [5.74, 6) is 0.120. The lowest BCUT2D eigenvalue weighted by atomic mass is 9.96. The van der Waals surface area contributed by atoms with Crippen LogP contribution in [0.25, 0.3) is 0 Å². The highest BCUT2D eigenvalue weighted by Crippen LogP contribution is 2.45. The standard InChI is InChI=1S/C22H19Cl2F3N4O3/c1-33-17-6-3-11(7-18(17)34-2)16-9-19(22(25,26)27)31-20(30-16)13(10-28-31)21(32)29-12-4-5-14(23)15(24)8-12/h3-8,10,16,19,30H,9H2,1-2H3,(H,29,32)/t16-,19+/m0/s1. The van der Waals surface area contributed by atoms with Crippen molar-refractivity contribution in [2.24, 2.45) is 0 Å². The fourth-order valence-corrected chi connectivity index (χ4v) is 4.09. The number of nitrogens with zero attached hydrogens (tertiary/aromatic N) is 2. The van der Waals surface area contributed by atoms with Gasteiger partial charge in [0.2, 0.25) is 0 Å². The van der Waals surface area contributed by atoms with Gasteiger partial charge in [0, 0.05) is 12.1 Å². The summed E-state index contributed by atoms with van der Waals surface area (Å²) in [7, 11) is 2.91. The van der Waals surface area contributed by atoms with E-state index in [1.54, 1.807) is 18.2 Å². The molecule has 2 atom stereocenters. The number of hydrogen-bond acceptors (Lipinski definition) is 5. The van der Waals surface area contributed by atoms with Crippen LogP contribution in [-0.2, 0) is 0 Å². The Balaban J connectivity index is 1.69. The Bertz CT molecular complexity index is 1230. The first-order valence-corrected chi connectivity index (χ1v) is 10.8. The molecule has 0 bridgehead atoms. The van der Waals surface area contributed by atoms with Crippen molar-refractivity contribution in [3.05, 3.63) is 63.8 Å². The quantitative estimate of drug-likeness (QED) is 0.428. The van der Waals surface area contributed by atoms with Crippen molar-refractivity contribution < 1.29 is 27.4 Å². The van der Waals surface area contributed by atoms with Gasteiger partial charge >= 0.3 is 6.18 Å². The first-order chi connectivity index (χ1) is 16.1. The van der Waals surface area contributed by atoms with E-state index in [1.165, 1.54) is 32.4 Å². The third-order valence-corrected chi connectivity index (χ3v) is 6.21. The molecule has 2 heterocycles. The van der Waals surface area contributed by atoms with Crippen molar-refractivity contribution in [2.45, 2.75) is 24.7 Å². The van der Waals surface area contributed by atoms with Gasteiger partial charge in [0.15, 0.2) is 17.5 Å². The Labute approximate surface area is 202 Å². The summed E-state index contributed by atoms with van der Waals surface area (Å²) < 4.78 is 53.1. The van der Waals surface area contributed by atoms with Crippen LogP contribution in [0.2, 0.25) is 10.0 Å². The Kier molecular flexibility index (Phi) is 6.55. The predicted octanol–water partition coefficient (Wildman–Crippen LogP) is 6.12. The number of amides is 1. The molecule has 12 heteroatoms. The maximum atomic E-state index is 14.0. The van der Waals surface area contributed by atoms with Crippen LogP contribution in [0.4, 0.5) is 24.7 Å². The SMILES string of the molecule is COc1ccc([C@@H]2C[C@H](C(F)(F)F)n3ncc(C(=O)Nc4ccc(Cl)c(Cl)c4)c3N2)cc1OC. The average molecular weight is 515 g/mol. The Hall–Kier alpha value is -3.11. The van der Waals surface area contributed by atoms with Crippen LogP contribution in [0.5, 0.6) is 11.5 Å². The average Bonchev–Trinajstić information content (AvgIpc) is 3.23. The van der Waals surface area contributed by atoms with Gasteiger partial charge in [-0.15, -0.1) is 0 Å². The van der Waals surface area contributed by atoms with Gasteiger partial charge in [0.1, 0.15) is 11.4 Å². The van der Waals surface area contributed by atoms with Gasteiger partial charge in [0.25, 0.3) is 5.91 Å². The summed E-state index contributed by atoms with van der Waals surface area (Å²) in [6.45, 7) is 0. The molecule has 3 aromatic rings. The number of carbonyl (C=O) groups is 1. The Morgan fingerprint density at radius 1 is 1.12 bits per heavy atom. The van der Waals surface area contributed by atoms with Gasteiger partial charge in [-0.2, -0.15) is 18.3 Å². The first-order valence-electron chi connectivity index (χ1n) is 10.0. The maximum absolute atomic E-state index is 14.0. The number of nitrogens with one attached hydrogen (secondary N) is 2. The smallest absolute Gasteiger partial charge is 0.410 e. The van der Waals surface area contributed by atoms with Crippen LogP contribution in [0.1, 0.15) is 34.4 Å².